The number of aliphatic hydroxyl groups is 5. The van der Waals surface area contributed by atoms with Crippen LogP contribution in [0.1, 0.15) is 41.5 Å². The lowest BCUT2D eigenvalue weighted by Gasteiger charge is -2.50. The van der Waals surface area contributed by atoms with Crippen molar-refractivity contribution < 1.29 is 147 Å². The number of carboxylic acid groups (broad SMARTS) is 1. The number of carbonyl (C=O) groups is 1. The van der Waals surface area contributed by atoms with E-state index in [9.17, 15) is 83.1 Å². The Balaban J connectivity index is 1.37. The fourth-order valence-electron chi connectivity index (χ4n) is 8.70. The number of aliphatic hydroxyl groups excluding tert-OH is 5. The van der Waals surface area contributed by atoms with Gasteiger partial charge >= 0.3 is 47.6 Å². The zero-order chi connectivity index (χ0) is 55.0. The third kappa shape index (κ3) is 15.8. The van der Waals surface area contributed by atoms with Gasteiger partial charge in [0.15, 0.2) is 37.4 Å². The minimum atomic E-state index is -5.60. The second kappa shape index (κ2) is 24.3. The van der Waals surface area contributed by atoms with Gasteiger partial charge in [-0.05, 0) is 18.0 Å². The van der Waals surface area contributed by atoms with Gasteiger partial charge in [0.2, 0.25) is 6.23 Å². The second-order valence-corrected chi connectivity index (χ2v) is 22.3. The number of nitrogens with zero attached hydrogens (tertiary/aromatic N) is 1. The predicted octanol–water partition coefficient (Wildman–Crippen LogP) is -4.35. The number of ether oxygens (including phenoxy) is 9. The lowest BCUT2D eigenvalue weighted by Crippen LogP contribution is -2.65. The molecule has 5 aliphatic heterocycles. The van der Waals surface area contributed by atoms with E-state index in [1.54, 1.807) is 0 Å². The van der Waals surface area contributed by atoms with Crippen LogP contribution in [0.4, 0.5) is 0 Å². The summed E-state index contributed by atoms with van der Waals surface area (Å²) in [6, 6.07) is 0. The molecule has 25 atom stereocenters. The highest BCUT2D eigenvalue weighted by Gasteiger charge is 2.57. The first-order chi connectivity index (χ1) is 33.5. The molecule has 5 fully saturated rings. The van der Waals surface area contributed by atoms with Crippen molar-refractivity contribution in [2.75, 3.05) is 19.8 Å². The lowest BCUT2D eigenvalue weighted by atomic mass is 9.84. The van der Waals surface area contributed by atoms with E-state index >= 15 is 0 Å². The van der Waals surface area contributed by atoms with E-state index in [0.717, 1.165) is 0 Å². The number of rotatable bonds is 21. The van der Waals surface area contributed by atoms with Gasteiger partial charge < -0.3 is 73.3 Å². The van der Waals surface area contributed by atoms with Crippen molar-refractivity contribution in [3.05, 3.63) is 4.91 Å². The molecule has 5 heterocycles. The molecule has 0 spiro atoms. The highest BCUT2D eigenvalue weighted by atomic mass is 32.3. The molecule has 10 unspecified atom stereocenters. The van der Waals surface area contributed by atoms with Crippen LogP contribution in [0, 0.1) is 34.5 Å². The maximum atomic E-state index is 12.7. The molecule has 0 saturated carbocycles. The molecular weight excluding hydrogens is 1090 g/mol. The van der Waals surface area contributed by atoms with Gasteiger partial charge in [0, 0.05) is 23.7 Å². The summed E-state index contributed by atoms with van der Waals surface area (Å²) >= 11 is 0. The first-order valence-electron chi connectivity index (χ1n) is 21.9. The SMILES string of the molecule is CC1[C@@H](O[C@H]2C(O)C(OS(=O)(=O)O)[C@H](O[C@@H]3C(COS(=O)(=O)O)O[C@H](C)C(C)[C@H]3O)O[C@H]2N=O)OC(COS(=O)(=O)O)[C@@H](O[C@@H]2OC(C(=O)O)[C@@H](O[C@H]3OC(COS(=O)(=O)O)[C@@H](O)[C@H](O)C3C)[C@H](C)C2O)[C@@H]1C. The van der Waals surface area contributed by atoms with Crippen LogP contribution in [0.15, 0.2) is 5.18 Å². The van der Waals surface area contributed by atoms with Gasteiger partial charge in [0.05, 0.1) is 44.2 Å². The Kier molecular flexibility index (Phi) is 20.6. The van der Waals surface area contributed by atoms with Crippen molar-refractivity contribution in [1.29, 1.82) is 0 Å². The molecule has 0 amide bonds. The first-order valence-corrected chi connectivity index (χ1v) is 27.3. The Hall–Kier alpha value is -2.01. The van der Waals surface area contributed by atoms with Crippen molar-refractivity contribution in [2.24, 2.45) is 34.8 Å². The van der Waals surface area contributed by atoms with Crippen LogP contribution >= 0.6 is 0 Å². The smallest absolute Gasteiger partial charge is 0.397 e. The number of hydrogen-bond donors (Lipinski definition) is 10. The molecule has 0 aromatic carbocycles. The molecule has 0 aromatic heterocycles. The molecule has 5 rings (SSSR count). The van der Waals surface area contributed by atoms with Crippen LogP contribution in [0.3, 0.4) is 0 Å². The van der Waals surface area contributed by atoms with E-state index in [4.69, 9.17) is 51.7 Å². The normalized spacial score (nSPS) is 44.3. The average Bonchev–Trinajstić information content (AvgIpc) is 3.27. The Bertz CT molecular complexity index is 2330. The summed E-state index contributed by atoms with van der Waals surface area (Å²) in [5.74, 6) is -7.15. The Morgan fingerprint density at radius 3 is 1.45 bits per heavy atom. The topological polar surface area (TPSA) is 505 Å². The van der Waals surface area contributed by atoms with Crippen LogP contribution < -0.4 is 0 Å². The summed E-state index contributed by atoms with van der Waals surface area (Å²) in [7, 11) is -21.1. The monoisotopic (exact) mass is 1150 g/mol. The standard InChI is InChI=1S/C35H59NO33S4/c1-10-11(2)32(66-27-23(41)28(69-73(54,55)56)35(68-30(27)36-44)65-26-18(9-59-72(51,52)53)60-15(6)12(3)20(26)38)62-17(8-58-71(48,49)50)24(10)63-34-21(39)13(4)25(29(67-34)31(42)43)64-33-14(5)19(37)22(40)16(61-33)7-57-70(45,46)47/h10-30,32-35,37-41H,7-9H2,1-6H3,(H,42,43)(H,45,46,47)(H,48,49,50)(H,51,52,53)(H,54,55,56)/t10-,11?,12?,13-,14?,15-,16?,17?,18?,19-,20-,21?,22-,23?,24+,25+,26-,27+,28?,29?,30-,32-,33-,34-,35-/m1/s1. The Morgan fingerprint density at radius 1 is 0.452 bits per heavy atom. The number of carboxylic acids is 1. The highest BCUT2D eigenvalue weighted by molar-refractivity contribution is 7.81. The summed E-state index contributed by atoms with van der Waals surface area (Å²) < 4.78 is 200. The Labute approximate surface area is 417 Å². The van der Waals surface area contributed by atoms with Crippen molar-refractivity contribution in [2.45, 2.75) is 164 Å². The summed E-state index contributed by atoms with van der Waals surface area (Å²) in [6.45, 7) is 5.12. The fourth-order valence-corrected chi connectivity index (χ4v) is 10.1. The van der Waals surface area contributed by atoms with Gasteiger partial charge in [0.1, 0.15) is 54.9 Å². The van der Waals surface area contributed by atoms with E-state index in [1.807, 2.05) is 0 Å². The summed E-state index contributed by atoms with van der Waals surface area (Å²) in [6.07, 6.45) is -36.9. The van der Waals surface area contributed by atoms with Gasteiger partial charge in [-0.1, -0.05) is 34.6 Å². The number of aliphatic carboxylic acids is 1. The van der Waals surface area contributed by atoms with Crippen LogP contribution in [0.2, 0.25) is 0 Å². The molecule has 5 aliphatic rings. The van der Waals surface area contributed by atoms with Gasteiger partial charge in [-0.25, -0.2) is 21.5 Å². The van der Waals surface area contributed by atoms with E-state index in [0.29, 0.717) is 0 Å². The third-order valence-corrected chi connectivity index (χ3v) is 14.9. The van der Waals surface area contributed by atoms with Gasteiger partial charge in [0.25, 0.3) is 0 Å². The minimum absolute atomic E-state index is 0.824. The zero-order valence-corrected chi connectivity index (χ0v) is 42.3. The minimum Gasteiger partial charge on any atom is -0.479 e. The molecular formula is C35H59NO33S4. The van der Waals surface area contributed by atoms with E-state index in [1.165, 1.54) is 41.5 Å². The maximum absolute atomic E-state index is 12.7. The van der Waals surface area contributed by atoms with Crippen LogP contribution in [0.25, 0.3) is 0 Å². The van der Waals surface area contributed by atoms with Gasteiger partial charge in [-0.15, -0.1) is 4.91 Å². The van der Waals surface area contributed by atoms with Crippen LogP contribution in [-0.4, -0.2) is 231 Å². The van der Waals surface area contributed by atoms with Crippen molar-refractivity contribution in [1.82, 2.24) is 0 Å². The highest BCUT2D eigenvalue weighted by Crippen LogP contribution is 2.41. The quantitative estimate of drug-likeness (QED) is 0.0384. The van der Waals surface area contributed by atoms with Crippen LogP contribution in [-0.2, 0) is 106 Å². The summed E-state index contributed by atoms with van der Waals surface area (Å²) in [5.41, 5.74) is 0. The van der Waals surface area contributed by atoms with Crippen molar-refractivity contribution in [3.8, 4) is 0 Å². The largest absolute Gasteiger partial charge is 0.479 e. The van der Waals surface area contributed by atoms with Crippen molar-refractivity contribution >= 4 is 47.6 Å². The molecule has 0 aliphatic carbocycles. The zero-order valence-electron chi connectivity index (χ0n) is 39.0. The van der Waals surface area contributed by atoms with E-state index in [2.05, 4.69) is 21.9 Å². The molecule has 0 aromatic rings. The molecule has 73 heavy (non-hydrogen) atoms. The molecule has 426 valence electrons. The summed E-state index contributed by atoms with van der Waals surface area (Å²) in [5, 5.41) is 68.4. The second-order valence-electron chi connectivity index (χ2n) is 18.0. The molecule has 0 bridgehead atoms. The molecule has 5 saturated heterocycles. The average molecular weight is 1150 g/mol. The number of nitroso groups, excluding NO2 is 1. The predicted molar refractivity (Wildman–Crippen MR) is 227 cm³/mol. The van der Waals surface area contributed by atoms with Gasteiger partial charge in [-0.2, -0.15) is 33.7 Å². The Morgan fingerprint density at radius 2 is 0.932 bits per heavy atom. The third-order valence-electron chi connectivity index (χ3n) is 13.1. The lowest BCUT2D eigenvalue weighted by molar-refractivity contribution is -0.373. The van der Waals surface area contributed by atoms with Gasteiger partial charge in [-0.3, -0.25) is 18.2 Å². The first kappa shape index (κ1) is 61.8. The molecule has 34 nitrogen and oxygen atoms in total. The summed E-state index contributed by atoms with van der Waals surface area (Å²) in [4.78, 5) is 25.1. The van der Waals surface area contributed by atoms with Crippen LogP contribution in [0.5, 0.6) is 0 Å². The number of hydrogen-bond acceptors (Lipinski definition) is 29. The van der Waals surface area contributed by atoms with E-state index < -0.39 is 220 Å². The molecule has 38 heteroatoms. The van der Waals surface area contributed by atoms with Crippen molar-refractivity contribution in [3.63, 3.8) is 0 Å². The molecule has 0 radical (unpaired) electrons. The maximum Gasteiger partial charge on any atom is 0.397 e. The molecule has 10 N–H and O–H groups in total. The fraction of sp³-hybridized carbons (Fsp3) is 0.971. The van der Waals surface area contributed by atoms with E-state index in [-0.39, 0.29) is 0 Å².